The molecule has 0 aliphatic carbocycles. The van der Waals surface area contributed by atoms with Gasteiger partial charge in [0.05, 0.1) is 0 Å². The number of sulfone groups is 1. The molecule has 0 spiro atoms. The first kappa shape index (κ1) is 15.1. The molecular formula is C11H21N3O3S. The van der Waals surface area contributed by atoms with Crippen LogP contribution in [0.4, 0.5) is 0 Å². The Hall–Kier alpha value is -0.950. The van der Waals surface area contributed by atoms with E-state index in [2.05, 4.69) is 22.4 Å². The van der Waals surface area contributed by atoms with E-state index in [-0.39, 0.29) is 11.9 Å². The van der Waals surface area contributed by atoms with Crippen molar-refractivity contribution in [2.75, 3.05) is 13.3 Å². The van der Waals surface area contributed by atoms with Gasteiger partial charge < -0.3 is 9.84 Å². The zero-order valence-electron chi connectivity index (χ0n) is 11.3. The maximum Gasteiger partial charge on any atom is 0.228 e. The maximum absolute atomic E-state index is 11.4. The lowest BCUT2D eigenvalue weighted by atomic mass is 10.1. The van der Waals surface area contributed by atoms with Crippen LogP contribution in [0.25, 0.3) is 0 Å². The molecule has 0 amide bonds. The highest BCUT2D eigenvalue weighted by molar-refractivity contribution is 7.90. The molecule has 0 saturated carbocycles. The zero-order chi connectivity index (χ0) is 13.8. The Labute approximate surface area is 108 Å². The van der Waals surface area contributed by atoms with E-state index in [1.807, 2.05) is 7.05 Å². The summed E-state index contributed by atoms with van der Waals surface area (Å²) in [7, 11) is -1.30. The predicted octanol–water partition coefficient (Wildman–Crippen LogP) is 1.11. The van der Waals surface area contributed by atoms with E-state index in [1.165, 1.54) is 6.26 Å². The first-order chi connectivity index (χ1) is 8.38. The average Bonchev–Trinajstić information content (AvgIpc) is 2.74. The summed E-state index contributed by atoms with van der Waals surface area (Å²) in [5, 5.41) is 6.18. The van der Waals surface area contributed by atoms with Crippen molar-refractivity contribution in [1.82, 2.24) is 15.5 Å². The third kappa shape index (κ3) is 4.06. The van der Waals surface area contributed by atoms with Gasteiger partial charge in [-0.25, -0.2) is 8.42 Å². The second-order valence-corrected chi connectivity index (χ2v) is 6.86. The molecule has 1 aromatic rings. The molecule has 0 bridgehead atoms. The van der Waals surface area contributed by atoms with Crippen LogP contribution in [-0.4, -0.2) is 37.9 Å². The molecule has 1 rings (SSSR count). The van der Waals surface area contributed by atoms with E-state index < -0.39 is 15.1 Å². The largest absolute Gasteiger partial charge is 0.339 e. The zero-order valence-corrected chi connectivity index (χ0v) is 12.1. The molecule has 0 saturated heterocycles. The number of aromatic nitrogens is 2. The van der Waals surface area contributed by atoms with Gasteiger partial charge in [0.1, 0.15) is 5.25 Å². The fourth-order valence-electron chi connectivity index (χ4n) is 1.62. The topological polar surface area (TPSA) is 85.1 Å². The first-order valence-corrected chi connectivity index (χ1v) is 8.02. The number of nitrogens with zero attached hydrogens (tertiary/aromatic N) is 2. The maximum atomic E-state index is 11.4. The Balaban J connectivity index is 2.74. The van der Waals surface area contributed by atoms with Crippen LogP contribution in [0.1, 0.15) is 43.7 Å². The van der Waals surface area contributed by atoms with Crippen LogP contribution in [0, 0.1) is 0 Å². The molecular weight excluding hydrogens is 254 g/mol. The van der Waals surface area contributed by atoms with Gasteiger partial charge in [0, 0.05) is 18.7 Å². The smallest absolute Gasteiger partial charge is 0.228 e. The van der Waals surface area contributed by atoms with Gasteiger partial charge in [0.25, 0.3) is 0 Å². The number of rotatable bonds is 7. The molecule has 2 atom stereocenters. The quantitative estimate of drug-likeness (QED) is 0.802. The monoisotopic (exact) mass is 275 g/mol. The van der Waals surface area contributed by atoms with Gasteiger partial charge in [-0.2, -0.15) is 4.98 Å². The van der Waals surface area contributed by atoms with Gasteiger partial charge in [-0.1, -0.05) is 18.5 Å². The lowest BCUT2D eigenvalue weighted by Gasteiger charge is -2.11. The van der Waals surface area contributed by atoms with Gasteiger partial charge in [-0.3, -0.25) is 0 Å². The minimum Gasteiger partial charge on any atom is -0.339 e. The van der Waals surface area contributed by atoms with E-state index in [0.29, 0.717) is 12.3 Å². The summed E-state index contributed by atoms with van der Waals surface area (Å²) in [6.07, 6.45) is 3.86. The fraction of sp³-hybridized carbons (Fsp3) is 0.818. The van der Waals surface area contributed by atoms with Crippen molar-refractivity contribution in [2.24, 2.45) is 0 Å². The molecule has 1 N–H and O–H groups in total. The minimum atomic E-state index is -3.19. The standard InChI is InChI=1S/C11H21N3O3S/c1-5-6-9(12-3)7-10-13-11(14-17-10)8(2)18(4,15)16/h8-9,12H,5-7H2,1-4H3. The van der Waals surface area contributed by atoms with Gasteiger partial charge in [0.15, 0.2) is 15.7 Å². The number of likely N-dealkylation sites (N-methyl/N-ethyl adjacent to an activating group) is 1. The highest BCUT2D eigenvalue weighted by atomic mass is 32.2. The van der Waals surface area contributed by atoms with Crippen LogP contribution in [0.3, 0.4) is 0 Å². The normalized spacial score (nSPS) is 15.6. The van der Waals surface area contributed by atoms with Crippen LogP contribution >= 0.6 is 0 Å². The number of hydrogen-bond acceptors (Lipinski definition) is 6. The van der Waals surface area contributed by atoms with Gasteiger partial charge in [0.2, 0.25) is 5.89 Å². The van der Waals surface area contributed by atoms with Gasteiger partial charge in [-0.15, -0.1) is 0 Å². The molecule has 18 heavy (non-hydrogen) atoms. The Kier molecular flexibility index (Phi) is 5.28. The molecule has 0 aliphatic heterocycles. The third-order valence-electron chi connectivity index (χ3n) is 2.96. The van der Waals surface area contributed by atoms with Crippen LogP contribution in [-0.2, 0) is 16.3 Å². The van der Waals surface area contributed by atoms with Crippen LogP contribution in [0.2, 0.25) is 0 Å². The second kappa shape index (κ2) is 6.29. The summed E-state index contributed by atoms with van der Waals surface area (Å²) in [5.41, 5.74) is 0. The summed E-state index contributed by atoms with van der Waals surface area (Å²) in [6, 6.07) is 0.275. The second-order valence-electron chi connectivity index (χ2n) is 4.50. The summed E-state index contributed by atoms with van der Waals surface area (Å²) >= 11 is 0. The van der Waals surface area contributed by atoms with Gasteiger partial charge in [-0.05, 0) is 20.4 Å². The predicted molar refractivity (Wildman–Crippen MR) is 69.0 cm³/mol. The van der Waals surface area contributed by atoms with Crippen LogP contribution in [0.5, 0.6) is 0 Å². The molecule has 0 fully saturated rings. The van der Waals surface area contributed by atoms with E-state index in [9.17, 15) is 8.42 Å². The molecule has 6 nitrogen and oxygen atoms in total. The molecule has 0 aromatic carbocycles. The van der Waals surface area contributed by atoms with Crippen molar-refractivity contribution in [3.63, 3.8) is 0 Å². The first-order valence-electron chi connectivity index (χ1n) is 6.07. The molecule has 2 unspecified atom stereocenters. The molecule has 0 radical (unpaired) electrons. The van der Waals surface area contributed by atoms with Crippen molar-refractivity contribution >= 4 is 9.84 Å². The van der Waals surface area contributed by atoms with Crippen molar-refractivity contribution in [1.29, 1.82) is 0 Å². The average molecular weight is 275 g/mol. The molecule has 1 aromatic heterocycles. The summed E-state index contributed by atoms with van der Waals surface area (Å²) < 4.78 is 27.9. The molecule has 0 aliphatic rings. The molecule has 1 heterocycles. The minimum absolute atomic E-state index is 0.235. The SMILES string of the molecule is CCCC(Cc1nc(C(C)S(C)(=O)=O)no1)NC. The van der Waals surface area contributed by atoms with Crippen LogP contribution in [0.15, 0.2) is 4.52 Å². The summed E-state index contributed by atoms with van der Waals surface area (Å²) in [4.78, 5) is 4.15. The van der Waals surface area contributed by atoms with Crippen LogP contribution < -0.4 is 5.32 Å². The van der Waals surface area contributed by atoms with E-state index >= 15 is 0 Å². The fourth-order valence-corrected chi connectivity index (χ4v) is 2.09. The molecule has 7 heteroatoms. The lowest BCUT2D eigenvalue weighted by Crippen LogP contribution is -2.27. The van der Waals surface area contributed by atoms with Gasteiger partial charge >= 0.3 is 0 Å². The Bertz CT molecular complexity index is 470. The van der Waals surface area contributed by atoms with Crippen molar-refractivity contribution in [2.45, 2.75) is 44.4 Å². The number of hydrogen-bond donors (Lipinski definition) is 1. The van der Waals surface area contributed by atoms with Crippen molar-refractivity contribution < 1.29 is 12.9 Å². The highest BCUT2D eigenvalue weighted by Crippen LogP contribution is 2.18. The lowest BCUT2D eigenvalue weighted by molar-refractivity contribution is 0.352. The van der Waals surface area contributed by atoms with E-state index in [0.717, 1.165) is 12.8 Å². The van der Waals surface area contributed by atoms with Crippen molar-refractivity contribution in [3.8, 4) is 0 Å². The van der Waals surface area contributed by atoms with Crippen molar-refractivity contribution in [3.05, 3.63) is 11.7 Å². The number of nitrogens with one attached hydrogen (secondary N) is 1. The van der Waals surface area contributed by atoms with E-state index in [4.69, 9.17) is 4.52 Å². The molecule has 104 valence electrons. The highest BCUT2D eigenvalue weighted by Gasteiger charge is 2.23. The Morgan fingerprint density at radius 2 is 2.11 bits per heavy atom. The summed E-state index contributed by atoms with van der Waals surface area (Å²) in [5.74, 6) is 0.715. The van der Waals surface area contributed by atoms with E-state index in [1.54, 1.807) is 6.92 Å². The Morgan fingerprint density at radius 3 is 2.61 bits per heavy atom. The summed E-state index contributed by atoms with van der Waals surface area (Å²) in [6.45, 7) is 3.67. The third-order valence-corrected chi connectivity index (χ3v) is 4.45. The Morgan fingerprint density at radius 1 is 1.44 bits per heavy atom.